The van der Waals surface area contributed by atoms with E-state index >= 15 is 0 Å². The Morgan fingerprint density at radius 2 is 1.70 bits per heavy atom. The Bertz CT molecular complexity index is 996. The van der Waals surface area contributed by atoms with E-state index in [-0.39, 0.29) is 10.8 Å². The van der Waals surface area contributed by atoms with Gasteiger partial charge < -0.3 is 10.2 Å². The van der Waals surface area contributed by atoms with Gasteiger partial charge in [0.05, 0.1) is 4.90 Å². The van der Waals surface area contributed by atoms with Gasteiger partial charge in [0.25, 0.3) is 5.91 Å². The molecule has 1 amide bonds. The zero-order valence-corrected chi connectivity index (χ0v) is 17.9. The Kier molecular flexibility index (Phi) is 6.01. The van der Waals surface area contributed by atoms with Gasteiger partial charge in [0.2, 0.25) is 10.0 Å². The van der Waals surface area contributed by atoms with E-state index < -0.39 is 10.0 Å². The Morgan fingerprint density at radius 3 is 2.37 bits per heavy atom. The molecule has 9 heteroatoms. The molecule has 0 bridgehead atoms. The highest BCUT2D eigenvalue weighted by molar-refractivity contribution is 7.89. The van der Waals surface area contributed by atoms with E-state index in [0.29, 0.717) is 24.5 Å². The third-order valence-electron chi connectivity index (χ3n) is 5.82. The number of aromatic nitrogens is 2. The minimum atomic E-state index is -3.49. The van der Waals surface area contributed by atoms with Gasteiger partial charge in [0.15, 0.2) is 0 Å². The number of piperidine rings is 1. The summed E-state index contributed by atoms with van der Waals surface area (Å²) in [5.41, 5.74) is 0.377. The summed E-state index contributed by atoms with van der Waals surface area (Å²) in [4.78, 5) is 23.5. The maximum atomic E-state index is 12.6. The van der Waals surface area contributed by atoms with Gasteiger partial charge in [-0.2, -0.15) is 4.31 Å². The fraction of sp³-hybridized carbons (Fsp3) is 0.476. The molecular weight excluding hydrogens is 402 g/mol. The molecule has 0 spiro atoms. The van der Waals surface area contributed by atoms with Crippen molar-refractivity contribution in [1.82, 2.24) is 14.3 Å². The number of hydrogen-bond donors (Lipinski definition) is 1. The fourth-order valence-electron chi connectivity index (χ4n) is 3.87. The number of carbonyl (C=O) groups excluding carboxylic acids is 1. The van der Waals surface area contributed by atoms with Crippen LogP contribution < -0.4 is 10.2 Å². The highest BCUT2D eigenvalue weighted by atomic mass is 32.2. The summed E-state index contributed by atoms with van der Waals surface area (Å²) in [7, 11) is -3.49. The first-order valence-electron chi connectivity index (χ1n) is 10.4. The topological polar surface area (TPSA) is 95.5 Å². The number of rotatable bonds is 5. The molecular formula is C21H27N5O3S. The van der Waals surface area contributed by atoms with E-state index in [1.54, 1.807) is 6.07 Å². The standard InChI is InChI=1S/C21H27N5O3S/c1-16-8-12-25(13-9-16)20-14-19(22-15-23-20)24-21(27)17-4-6-18(7-5-17)30(28,29)26-10-2-3-11-26/h4-7,14-16H,2-3,8-13H2,1H3,(H,22,23,24,27). The normalized spacial score (nSPS) is 18.5. The van der Waals surface area contributed by atoms with Crippen molar-refractivity contribution in [2.24, 2.45) is 5.92 Å². The van der Waals surface area contributed by atoms with E-state index in [2.05, 4.69) is 27.1 Å². The van der Waals surface area contributed by atoms with Gasteiger partial charge in [-0.15, -0.1) is 0 Å². The molecule has 0 radical (unpaired) electrons. The van der Waals surface area contributed by atoms with Crippen molar-refractivity contribution in [2.75, 3.05) is 36.4 Å². The predicted molar refractivity (Wildman–Crippen MR) is 115 cm³/mol. The maximum Gasteiger partial charge on any atom is 0.256 e. The van der Waals surface area contributed by atoms with Crippen LogP contribution in [0.2, 0.25) is 0 Å². The maximum absolute atomic E-state index is 12.6. The SMILES string of the molecule is CC1CCN(c2cc(NC(=O)c3ccc(S(=O)(=O)N4CCCC4)cc3)ncn2)CC1. The summed E-state index contributed by atoms with van der Waals surface area (Å²) in [6, 6.07) is 7.82. The summed E-state index contributed by atoms with van der Waals surface area (Å²) >= 11 is 0. The van der Waals surface area contributed by atoms with Crippen molar-refractivity contribution in [3.05, 3.63) is 42.2 Å². The lowest BCUT2D eigenvalue weighted by Crippen LogP contribution is -2.33. The van der Waals surface area contributed by atoms with Crippen LogP contribution in [0, 0.1) is 5.92 Å². The second-order valence-corrected chi connectivity index (χ2v) is 9.96. The Balaban J connectivity index is 1.43. The van der Waals surface area contributed by atoms with Crippen LogP contribution in [0.5, 0.6) is 0 Å². The van der Waals surface area contributed by atoms with Gasteiger partial charge in [-0.1, -0.05) is 6.92 Å². The lowest BCUT2D eigenvalue weighted by atomic mass is 9.99. The molecule has 2 aromatic rings. The molecule has 1 aromatic heterocycles. The van der Waals surface area contributed by atoms with Crippen LogP contribution >= 0.6 is 0 Å². The third-order valence-corrected chi connectivity index (χ3v) is 7.73. The molecule has 160 valence electrons. The number of hydrogen-bond acceptors (Lipinski definition) is 6. The second-order valence-electron chi connectivity index (χ2n) is 8.02. The third kappa shape index (κ3) is 4.46. The Hall–Kier alpha value is -2.52. The average molecular weight is 430 g/mol. The van der Waals surface area contributed by atoms with Crippen LogP contribution in [0.3, 0.4) is 0 Å². The number of amides is 1. The molecule has 2 fully saturated rings. The van der Waals surface area contributed by atoms with Gasteiger partial charge in [-0.05, 0) is 55.9 Å². The molecule has 30 heavy (non-hydrogen) atoms. The molecule has 0 unspecified atom stereocenters. The van der Waals surface area contributed by atoms with Gasteiger partial charge >= 0.3 is 0 Å². The van der Waals surface area contributed by atoms with E-state index in [0.717, 1.165) is 50.5 Å². The van der Waals surface area contributed by atoms with Crippen LogP contribution in [-0.4, -0.2) is 54.8 Å². The minimum Gasteiger partial charge on any atom is -0.356 e. The van der Waals surface area contributed by atoms with Gasteiger partial charge in [0.1, 0.15) is 18.0 Å². The van der Waals surface area contributed by atoms with Crippen molar-refractivity contribution in [2.45, 2.75) is 37.5 Å². The first-order chi connectivity index (χ1) is 14.4. The Morgan fingerprint density at radius 1 is 1.03 bits per heavy atom. The van der Waals surface area contributed by atoms with E-state index in [1.165, 1.54) is 34.9 Å². The summed E-state index contributed by atoms with van der Waals surface area (Å²) in [5, 5.41) is 2.78. The molecule has 2 aliphatic heterocycles. The molecule has 2 aliphatic rings. The molecule has 2 saturated heterocycles. The van der Waals surface area contributed by atoms with Crippen LogP contribution in [0.25, 0.3) is 0 Å². The number of anilines is 2. The average Bonchev–Trinajstić information content (AvgIpc) is 3.30. The quantitative estimate of drug-likeness (QED) is 0.785. The van der Waals surface area contributed by atoms with Gasteiger partial charge in [-0.25, -0.2) is 18.4 Å². The number of benzene rings is 1. The first-order valence-corrected chi connectivity index (χ1v) is 11.9. The largest absolute Gasteiger partial charge is 0.356 e. The molecule has 3 heterocycles. The summed E-state index contributed by atoms with van der Waals surface area (Å²) in [6.45, 7) is 5.24. The molecule has 8 nitrogen and oxygen atoms in total. The second kappa shape index (κ2) is 8.69. The molecule has 0 saturated carbocycles. The van der Waals surface area contributed by atoms with E-state index in [9.17, 15) is 13.2 Å². The smallest absolute Gasteiger partial charge is 0.256 e. The van der Waals surface area contributed by atoms with Crippen molar-refractivity contribution >= 4 is 27.6 Å². The zero-order chi connectivity index (χ0) is 21.1. The van der Waals surface area contributed by atoms with Crippen LogP contribution in [0.15, 0.2) is 41.6 Å². The van der Waals surface area contributed by atoms with Crippen molar-refractivity contribution in [3.8, 4) is 0 Å². The number of nitrogens with zero attached hydrogens (tertiary/aromatic N) is 4. The molecule has 1 aromatic carbocycles. The molecule has 1 N–H and O–H groups in total. The molecule has 0 atom stereocenters. The molecule has 4 rings (SSSR count). The first kappa shape index (κ1) is 20.7. The summed E-state index contributed by atoms with van der Waals surface area (Å²) in [6.07, 6.45) is 5.47. The van der Waals surface area contributed by atoms with Crippen molar-refractivity contribution in [1.29, 1.82) is 0 Å². The van der Waals surface area contributed by atoms with Gasteiger partial charge in [-0.3, -0.25) is 4.79 Å². The molecule has 0 aliphatic carbocycles. The highest BCUT2D eigenvalue weighted by Crippen LogP contribution is 2.23. The lowest BCUT2D eigenvalue weighted by molar-refractivity contribution is 0.102. The van der Waals surface area contributed by atoms with E-state index in [1.807, 2.05) is 0 Å². The predicted octanol–water partition coefficient (Wildman–Crippen LogP) is 2.75. The summed E-state index contributed by atoms with van der Waals surface area (Å²) in [5.74, 6) is 1.62. The Labute approximate surface area is 177 Å². The highest BCUT2D eigenvalue weighted by Gasteiger charge is 2.27. The van der Waals surface area contributed by atoms with Gasteiger partial charge in [0, 0.05) is 37.8 Å². The lowest BCUT2D eigenvalue weighted by Gasteiger charge is -2.31. The fourth-order valence-corrected chi connectivity index (χ4v) is 5.39. The van der Waals surface area contributed by atoms with Crippen LogP contribution in [0.4, 0.5) is 11.6 Å². The summed E-state index contributed by atoms with van der Waals surface area (Å²) < 4.78 is 26.7. The number of sulfonamides is 1. The van der Waals surface area contributed by atoms with E-state index in [4.69, 9.17) is 0 Å². The van der Waals surface area contributed by atoms with Crippen LogP contribution in [0.1, 0.15) is 43.0 Å². The number of nitrogens with one attached hydrogen (secondary N) is 1. The zero-order valence-electron chi connectivity index (χ0n) is 17.1. The number of carbonyl (C=O) groups is 1. The van der Waals surface area contributed by atoms with Crippen molar-refractivity contribution < 1.29 is 13.2 Å². The van der Waals surface area contributed by atoms with Crippen LogP contribution in [-0.2, 0) is 10.0 Å². The van der Waals surface area contributed by atoms with Crippen molar-refractivity contribution in [3.63, 3.8) is 0 Å². The monoisotopic (exact) mass is 429 g/mol. The minimum absolute atomic E-state index is 0.213.